The van der Waals surface area contributed by atoms with Crippen LogP contribution in [0.2, 0.25) is 0 Å². The molecule has 0 aliphatic carbocycles. The van der Waals surface area contributed by atoms with Crippen LogP contribution >= 0.6 is 0 Å². The van der Waals surface area contributed by atoms with Gasteiger partial charge in [-0.05, 0) is 24.3 Å². The van der Waals surface area contributed by atoms with E-state index in [4.69, 9.17) is 4.42 Å². The van der Waals surface area contributed by atoms with Crippen LogP contribution in [-0.2, 0) is 10.0 Å². The Kier molecular flexibility index (Phi) is 4.00. The Bertz CT molecular complexity index is 775. The number of carbonyl (C=O) groups is 1. The van der Waals surface area contributed by atoms with Crippen LogP contribution in [0.1, 0.15) is 10.6 Å². The molecule has 1 aromatic carbocycles. The molecule has 0 atom stereocenters. The molecule has 0 saturated heterocycles. The van der Waals surface area contributed by atoms with Gasteiger partial charge in [-0.15, -0.1) is 4.83 Å². The average molecular weight is 320 g/mol. The van der Waals surface area contributed by atoms with Crippen molar-refractivity contribution in [2.45, 2.75) is 4.90 Å². The number of furan rings is 1. The molecule has 2 rings (SSSR count). The van der Waals surface area contributed by atoms with Crippen LogP contribution in [0.4, 0.5) is 13.2 Å². The summed E-state index contributed by atoms with van der Waals surface area (Å²) in [5, 5.41) is 0. The molecule has 0 spiro atoms. The van der Waals surface area contributed by atoms with Crippen LogP contribution in [0.15, 0.2) is 39.8 Å². The van der Waals surface area contributed by atoms with E-state index in [1.165, 1.54) is 23.2 Å². The number of rotatable bonds is 4. The third kappa shape index (κ3) is 3.06. The van der Waals surface area contributed by atoms with Gasteiger partial charge in [-0.2, -0.15) is 0 Å². The summed E-state index contributed by atoms with van der Waals surface area (Å²) in [6, 6.07) is 3.61. The first-order chi connectivity index (χ1) is 9.83. The highest BCUT2D eigenvalue weighted by Crippen LogP contribution is 2.19. The second-order valence-electron chi connectivity index (χ2n) is 3.71. The van der Waals surface area contributed by atoms with Crippen molar-refractivity contribution in [3.05, 3.63) is 53.7 Å². The first kappa shape index (κ1) is 15.1. The fraction of sp³-hybridized carbons (Fsp3) is 0. The van der Waals surface area contributed by atoms with E-state index >= 15 is 0 Å². The number of amides is 1. The van der Waals surface area contributed by atoms with Crippen molar-refractivity contribution in [3.63, 3.8) is 0 Å². The molecule has 0 radical (unpaired) electrons. The van der Waals surface area contributed by atoms with Crippen molar-refractivity contribution in [2.24, 2.45) is 0 Å². The summed E-state index contributed by atoms with van der Waals surface area (Å²) >= 11 is 0. The van der Waals surface area contributed by atoms with Gasteiger partial charge in [0.15, 0.2) is 23.2 Å². The third-order valence-electron chi connectivity index (χ3n) is 2.33. The predicted molar refractivity (Wildman–Crippen MR) is 62.8 cm³/mol. The maximum absolute atomic E-state index is 13.4. The Morgan fingerprint density at radius 3 is 2.43 bits per heavy atom. The van der Waals surface area contributed by atoms with Gasteiger partial charge in [-0.1, -0.05) is 0 Å². The summed E-state index contributed by atoms with van der Waals surface area (Å²) in [7, 11) is -4.62. The number of nitrogens with one attached hydrogen (secondary N) is 2. The first-order valence-electron chi connectivity index (χ1n) is 5.32. The van der Waals surface area contributed by atoms with Crippen LogP contribution in [0.3, 0.4) is 0 Å². The van der Waals surface area contributed by atoms with Gasteiger partial charge in [0.25, 0.3) is 10.0 Å². The molecular weight excluding hydrogens is 313 g/mol. The average Bonchev–Trinajstić information content (AvgIpc) is 2.96. The van der Waals surface area contributed by atoms with Crippen molar-refractivity contribution < 1.29 is 30.8 Å². The van der Waals surface area contributed by atoms with E-state index in [1.807, 2.05) is 0 Å². The molecular formula is C11H7F3N2O4S. The van der Waals surface area contributed by atoms with E-state index in [9.17, 15) is 26.4 Å². The quantitative estimate of drug-likeness (QED) is 0.657. The second-order valence-corrected chi connectivity index (χ2v) is 5.36. The molecule has 1 heterocycles. The van der Waals surface area contributed by atoms with Crippen LogP contribution < -0.4 is 10.3 Å². The number of sulfonamides is 1. The Morgan fingerprint density at radius 2 is 1.81 bits per heavy atom. The Morgan fingerprint density at radius 1 is 1.10 bits per heavy atom. The molecule has 2 aromatic rings. The highest BCUT2D eigenvalue weighted by molar-refractivity contribution is 7.89. The van der Waals surface area contributed by atoms with Crippen LogP contribution in [0.5, 0.6) is 0 Å². The smallest absolute Gasteiger partial charge is 0.301 e. The van der Waals surface area contributed by atoms with Crippen molar-refractivity contribution in [3.8, 4) is 0 Å². The molecule has 1 amide bonds. The molecule has 0 bridgehead atoms. The highest BCUT2D eigenvalue weighted by atomic mass is 32.2. The van der Waals surface area contributed by atoms with Crippen molar-refractivity contribution in [2.75, 3.05) is 0 Å². The molecule has 21 heavy (non-hydrogen) atoms. The van der Waals surface area contributed by atoms with Gasteiger partial charge in [0.05, 0.1) is 6.26 Å². The lowest BCUT2D eigenvalue weighted by atomic mass is 10.3. The minimum absolute atomic E-state index is 0.205. The molecule has 0 fully saturated rings. The summed E-state index contributed by atoms with van der Waals surface area (Å²) in [5.74, 6) is -6.52. The number of hydrogen-bond acceptors (Lipinski definition) is 4. The van der Waals surface area contributed by atoms with Crippen LogP contribution in [0, 0.1) is 17.5 Å². The summed E-state index contributed by atoms with van der Waals surface area (Å²) in [4.78, 5) is 11.8. The molecule has 6 nitrogen and oxygen atoms in total. The highest BCUT2D eigenvalue weighted by Gasteiger charge is 2.24. The van der Waals surface area contributed by atoms with Gasteiger partial charge in [0, 0.05) is 0 Å². The fourth-order valence-electron chi connectivity index (χ4n) is 1.35. The fourth-order valence-corrected chi connectivity index (χ4v) is 2.26. The Hall–Kier alpha value is -2.33. The molecule has 2 N–H and O–H groups in total. The third-order valence-corrected chi connectivity index (χ3v) is 3.60. The van der Waals surface area contributed by atoms with Crippen LogP contribution in [0.25, 0.3) is 0 Å². The van der Waals surface area contributed by atoms with Gasteiger partial charge >= 0.3 is 5.91 Å². The van der Waals surface area contributed by atoms with Crippen molar-refractivity contribution in [1.29, 1.82) is 0 Å². The topological polar surface area (TPSA) is 88.4 Å². The maximum Gasteiger partial charge on any atom is 0.301 e. The van der Waals surface area contributed by atoms with Gasteiger partial charge in [-0.3, -0.25) is 10.2 Å². The van der Waals surface area contributed by atoms with E-state index in [0.717, 1.165) is 0 Å². The Labute approximate surface area is 116 Å². The first-order valence-corrected chi connectivity index (χ1v) is 6.80. The van der Waals surface area contributed by atoms with Gasteiger partial charge in [0.1, 0.15) is 4.90 Å². The lowest BCUT2D eigenvalue weighted by Crippen LogP contribution is -2.41. The molecule has 0 aliphatic rings. The minimum atomic E-state index is -4.62. The molecule has 1 aromatic heterocycles. The largest absolute Gasteiger partial charge is 0.459 e. The monoisotopic (exact) mass is 320 g/mol. The number of hydrazine groups is 1. The number of hydrogen-bond donors (Lipinski definition) is 2. The number of halogens is 3. The zero-order valence-corrected chi connectivity index (χ0v) is 10.9. The van der Waals surface area contributed by atoms with Crippen molar-refractivity contribution in [1.82, 2.24) is 10.3 Å². The molecule has 112 valence electrons. The molecule has 0 saturated carbocycles. The van der Waals surface area contributed by atoms with E-state index < -0.39 is 38.3 Å². The Balaban J connectivity index is 2.20. The number of carbonyl (C=O) groups excluding carboxylic acids is 1. The lowest BCUT2D eigenvalue weighted by Gasteiger charge is -2.08. The molecule has 0 aliphatic heterocycles. The van der Waals surface area contributed by atoms with Crippen LogP contribution in [-0.4, -0.2) is 14.3 Å². The summed E-state index contributed by atoms with van der Waals surface area (Å²) in [5.41, 5.74) is 1.73. The molecule has 10 heteroatoms. The number of benzene rings is 1. The zero-order chi connectivity index (χ0) is 15.6. The van der Waals surface area contributed by atoms with Crippen molar-refractivity contribution >= 4 is 15.9 Å². The SMILES string of the molecule is O=C(NNS(=O)(=O)c1ccc(F)c(F)c1F)c1ccco1. The standard InChI is InChI=1S/C11H7F3N2O4S/c12-6-3-4-8(10(14)9(6)13)21(18,19)16-15-11(17)7-2-1-5-20-7/h1-5,16H,(H,15,17). The zero-order valence-electron chi connectivity index (χ0n) is 10.1. The van der Waals surface area contributed by atoms with Gasteiger partial charge < -0.3 is 4.42 Å². The summed E-state index contributed by atoms with van der Waals surface area (Å²) in [6.45, 7) is 0. The normalized spacial score (nSPS) is 11.4. The second kappa shape index (κ2) is 5.58. The van der Waals surface area contributed by atoms with Gasteiger partial charge in [-0.25, -0.2) is 21.6 Å². The van der Waals surface area contributed by atoms with E-state index in [-0.39, 0.29) is 5.76 Å². The molecule has 0 unspecified atom stereocenters. The van der Waals surface area contributed by atoms with E-state index in [2.05, 4.69) is 0 Å². The maximum atomic E-state index is 13.4. The van der Waals surface area contributed by atoms with E-state index in [0.29, 0.717) is 12.1 Å². The minimum Gasteiger partial charge on any atom is -0.459 e. The van der Waals surface area contributed by atoms with Gasteiger partial charge in [0.2, 0.25) is 0 Å². The predicted octanol–water partition coefficient (Wildman–Crippen LogP) is 1.32. The lowest BCUT2D eigenvalue weighted by molar-refractivity contribution is 0.0917. The summed E-state index contributed by atoms with van der Waals surface area (Å²) in [6.07, 6.45) is 1.18. The summed E-state index contributed by atoms with van der Waals surface area (Å²) < 4.78 is 67.2. The van der Waals surface area contributed by atoms with E-state index in [1.54, 1.807) is 5.43 Å².